The van der Waals surface area contributed by atoms with E-state index in [9.17, 15) is 28.5 Å². The summed E-state index contributed by atoms with van der Waals surface area (Å²) < 4.78 is 26.5. The SMILES string of the molecule is CC1=C(C(=O)Nc2ccc(F)c(F)c2)C(c2cccc([N+](=O)[O-])c2)NC(=O)N1. The van der Waals surface area contributed by atoms with Crippen LogP contribution < -0.4 is 16.0 Å². The van der Waals surface area contributed by atoms with E-state index < -0.39 is 34.5 Å². The smallest absolute Gasteiger partial charge is 0.319 e. The van der Waals surface area contributed by atoms with Gasteiger partial charge in [-0.25, -0.2) is 13.6 Å². The van der Waals surface area contributed by atoms with Gasteiger partial charge in [0.05, 0.1) is 16.5 Å². The molecule has 0 saturated heterocycles. The van der Waals surface area contributed by atoms with Crippen LogP contribution in [-0.2, 0) is 4.79 Å². The van der Waals surface area contributed by atoms with Crippen LogP contribution in [-0.4, -0.2) is 16.9 Å². The van der Waals surface area contributed by atoms with Crippen LogP contribution in [0.5, 0.6) is 0 Å². The fourth-order valence-corrected chi connectivity index (χ4v) is 2.84. The Labute approximate surface area is 157 Å². The van der Waals surface area contributed by atoms with Crippen LogP contribution in [0.2, 0.25) is 0 Å². The van der Waals surface area contributed by atoms with Gasteiger partial charge < -0.3 is 16.0 Å². The summed E-state index contributed by atoms with van der Waals surface area (Å²) >= 11 is 0. The minimum atomic E-state index is -1.13. The van der Waals surface area contributed by atoms with Crippen LogP contribution in [0.4, 0.5) is 25.0 Å². The Morgan fingerprint density at radius 2 is 1.93 bits per heavy atom. The van der Waals surface area contributed by atoms with Crippen LogP contribution in [0, 0.1) is 21.7 Å². The molecular weight excluding hydrogens is 374 g/mol. The molecule has 0 saturated carbocycles. The molecule has 0 fully saturated rings. The Kier molecular flexibility index (Phi) is 5.03. The highest BCUT2D eigenvalue weighted by atomic mass is 19.2. The molecule has 3 rings (SSSR count). The first-order chi connectivity index (χ1) is 13.3. The number of carbonyl (C=O) groups excluding carboxylic acids is 2. The first-order valence-corrected chi connectivity index (χ1v) is 8.05. The number of hydrogen-bond acceptors (Lipinski definition) is 4. The summed E-state index contributed by atoms with van der Waals surface area (Å²) in [5, 5.41) is 18.5. The topological polar surface area (TPSA) is 113 Å². The molecule has 1 heterocycles. The van der Waals surface area contributed by atoms with Crippen molar-refractivity contribution in [2.24, 2.45) is 0 Å². The van der Waals surface area contributed by atoms with Crippen LogP contribution in [0.3, 0.4) is 0 Å². The van der Waals surface area contributed by atoms with Crippen LogP contribution >= 0.6 is 0 Å². The number of nitrogens with zero attached hydrogens (tertiary/aromatic N) is 1. The van der Waals surface area contributed by atoms with E-state index in [1.54, 1.807) is 0 Å². The second-order valence-electron chi connectivity index (χ2n) is 6.01. The van der Waals surface area contributed by atoms with E-state index in [-0.39, 0.29) is 22.6 Å². The molecule has 8 nitrogen and oxygen atoms in total. The van der Waals surface area contributed by atoms with Crippen molar-refractivity contribution in [1.29, 1.82) is 0 Å². The summed E-state index contributed by atoms with van der Waals surface area (Å²) in [6, 6.07) is 6.80. The van der Waals surface area contributed by atoms with E-state index in [0.29, 0.717) is 5.56 Å². The number of halogens is 2. The fourth-order valence-electron chi connectivity index (χ4n) is 2.84. The molecule has 10 heteroatoms. The van der Waals surface area contributed by atoms with E-state index in [1.807, 2.05) is 0 Å². The Morgan fingerprint density at radius 3 is 2.61 bits per heavy atom. The highest BCUT2D eigenvalue weighted by Crippen LogP contribution is 2.29. The summed E-state index contributed by atoms with van der Waals surface area (Å²) in [5.74, 6) is -2.88. The third kappa shape index (κ3) is 3.80. The van der Waals surface area contributed by atoms with Gasteiger partial charge in [-0.1, -0.05) is 12.1 Å². The molecule has 1 unspecified atom stereocenters. The van der Waals surface area contributed by atoms with Crippen molar-refractivity contribution < 1.29 is 23.3 Å². The first-order valence-electron chi connectivity index (χ1n) is 8.05. The number of carbonyl (C=O) groups is 2. The van der Waals surface area contributed by atoms with Crippen molar-refractivity contribution in [2.45, 2.75) is 13.0 Å². The lowest BCUT2D eigenvalue weighted by Crippen LogP contribution is -2.46. The van der Waals surface area contributed by atoms with Gasteiger partial charge >= 0.3 is 6.03 Å². The number of allylic oxidation sites excluding steroid dienone is 1. The van der Waals surface area contributed by atoms with Crippen molar-refractivity contribution in [3.63, 3.8) is 0 Å². The van der Waals surface area contributed by atoms with E-state index >= 15 is 0 Å². The lowest BCUT2D eigenvalue weighted by atomic mass is 9.94. The molecule has 3 N–H and O–H groups in total. The Bertz CT molecular complexity index is 1020. The van der Waals surface area contributed by atoms with Gasteiger partial charge in [-0.15, -0.1) is 0 Å². The number of amides is 3. The van der Waals surface area contributed by atoms with Gasteiger partial charge in [0.1, 0.15) is 0 Å². The summed E-state index contributed by atoms with van der Waals surface area (Å²) in [4.78, 5) is 35.1. The molecule has 144 valence electrons. The monoisotopic (exact) mass is 388 g/mol. The molecular formula is C18H14F2N4O4. The molecule has 2 aromatic carbocycles. The molecule has 0 aromatic heterocycles. The zero-order chi connectivity index (χ0) is 20.4. The lowest BCUT2D eigenvalue weighted by Gasteiger charge is -2.28. The molecule has 1 aliphatic heterocycles. The highest BCUT2D eigenvalue weighted by Gasteiger charge is 2.32. The van der Waals surface area contributed by atoms with Crippen molar-refractivity contribution in [3.8, 4) is 0 Å². The molecule has 0 spiro atoms. The van der Waals surface area contributed by atoms with Gasteiger partial charge in [-0.2, -0.15) is 0 Å². The Balaban J connectivity index is 1.97. The van der Waals surface area contributed by atoms with Gasteiger partial charge in [-0.3, -0.25) is 14.9 Å². The van der Waals surface area contributed by atoms with Crippen molar-refractivity contribution in [3.05, 3.63) is 81.0 Å². The number of nitro groups is 1. The maximum absolute atomic E-state index is 13.4. The predicted molar refractivity (Wildman–Crippen MR) is 95.2 cm³/mol. The first kappa shape index (κ1) is 19.0. The van der Waals surface area contributed by atoms with Crippen molar-refractivity contribution >= 4 is 23.3 Å². The van der Waals surface area contributed by atoms with E-state index in [2.05, 4.69) is 16.0 Å². The number of non-ortho nitro benzene ring substituents is 1. The Hall–Kier alpha value is -3.82. The zero-order valence-corrected chi connectivity index (χ0v) is 14.5. The number of hydrogen-bond donors (Lipinski definition) is 3. The molecule has 1 atom stereocenters. The minimum absolute atomic E-state index is 0.0129. The minimum Gasteiger partial charge on any atom is -0.327 e. The van der Waals surface area contributed by atoms with Gasteiger partial charge in [0.25, 0.3) is 11.6 Å². The van der Waals surface area contributed by atoms with Gasteiger partial charge in [0.15, 0.2) is 11.6 Å². The number of nitrogens with one attached hydrogen (secondary N) is 3. The van der Waals surface area contributed by atoms with Gasteiger partial charge in [0, 0.05) is 29.6 Å². The maximum atomic E-state index is 13.4. The van der Waals surface area contributed by atoms with Crippen LogP contribution in [0.25, 0.3) is 0 Å². The molecule has 0 bridgehead atoms. The predicted octanol–water partition coefficient (Wildman–Crippen LogP) is 3.14. The number of nitro benzene ring substituents is 1. The van der Waals surface area contributed by atoms with E-state index in [0.717, 1.165) is 12.1 Å². The van der Waals surface area contributed by atoms with Crippen LogP contribution in [0.1, 0.15) is 18.5 Å². The normalized spacial score (nSPS) is 16.2. The van der Waals surface area contributed by atoms with Gasteiger partial charge in [-0.05, 0) is 24.6 Å². The van der Waals surface area contributed by atoms with E-state index in [1.165, 1.54) is 37.3 Å². The van der Waals surface area contributed by atoms with Crippen molar-refractivity contribution in [2.75, 3.05) is 5.32 Å². The summed E-state index contributed by atoms with van der Waals surface area (Å²) in [7, 11) is 0. The number of rotatable bonds is 4. The standard InChI is InChI=1S/C18H14F2N4O4/c1-9-15(17(25)22-11-5-6-13(19)14(20)8-11)16(23-18(26)21-9)10-3-2-4-12(7-10)24(27)28/h2-8,16H,1H3,(H,22,25)(H2,21,23,26). The maximum Gasteiger partial charge on any atom is 0.319 e. The average molecular weight is 388 g/mol. The third-order valence-corrected chi connectivity index (χ3v) is 4.11. The molecule has 3 amide bonds. The Morgan fingerprint density at radius 1 is 1.18 bits per heavy atom. The van der Waals surface area contributed by atoms with Gasteiger partial charge in [0.2, 0.25) is 0 Å². The second kappa shape index (κ2) is 7.43. The lowest BCUT2D eigenvalue weighted by molar-refractivity contribution is -0.384. The highest BCUT2D eigenvalue weighted by molar-refractivity contribution is 6.06. The number of benzene rings is 2. The van der Waals surface area contributed by atoms with Crippen LogP contribution in [0.15, 0.2) is 53.7 Å². The summed E-state index contributed by atoms with van der Waals surface area (Å²) in [6.07, 6.45) is 0. The number of urea groups is 1. The molecule has 0 radical (unpaired) electrons. The summed E-state index contributed by atoms with van der Waals surface area (Å²) in [6.45, 7) is 1.49. The number of anilines is 1. The second-order valence-corrected chi connectivity index (χ2v) is 6.01. The zero-order valence-electron chi connectivity index (χ0n) is 14.5. The fraction of sp³-hybridized carbons (Fsp3) is 0.111. The average Bonchev–Trinajstić information content (AvgIpc) is 2.64. The molecule has 28 heavy (non-hydrogen) atoms. The van der Waals surface area contributed by atoms with E-state index in [4.69, 9.17) is 0 Å². The third-order valence-electron chi connectivity index (χ3n) is 4.11. The van der Waals surface area contributed by atoms with Crippen molar-refractivity contribution in [1.82, 2.24) is 10.6 Å². The largest absolute Gasteiger partial charge is 0.327 e. The summed E-state index contributed by atoms with van der Waals surface area (Å²) in [5.41, 5.74) is 0.422. The quantitative estimate of drug-likeness (QED) is 0.551. The molecule has 0 aliphatic carbocycles. The molecule has 1 aliphatic rings. The molecule has 2 aromatic rings.